The molecule has 24 heavy (non-hydrogen) atoms. The van der Waals surface area contributed by atoms with Gasteiger partial charge in [0.15, 0.2) is 11.5 Å². The fraction of sp³-hybridized carbons (Fsp3) is 0.222. The molecule has 0 bridgehead atoms. The summed E-state index contributed by atoms with van der Waals surface area (Å²) in [6.07, 6.45) is 5.27. The summed E-state index contributed by atoms with van der Waals surface area (Å²) in [5, 5.41) is 4.36. The molecule has 2 rings (SSSR count). The van der Waals surface area contributed by atoms with E-state index in [1.165, 1.54) is 0 Å². The molecule has 0 heterocycles. The second-order valence-electron chi connectivity index (χ2n) is 4.81. The van der Waals surface area contributed by atoms with Crippen molar-refractivity contribution in [2.75, 3.05) is 18.5 Å². The summed E-state index contributed by atoms with van der Waals surface area (Å²) >= 11 is 14.2. The second kappa shape index (κ2) is 9.26. The van der Waals surface area contributed by atoms with Crippen LogP contribution >= 0.6 is 45.8 Å². The van der Waals surface area contributed by atoms with Gasteiger partial charge in [-0.25, -0.2) is 0 Å². The van der Waals surface area contributed by atoms with E-state index in [1.54, 1.807) is 12.1 Å². The van der Waals surface area contributed by atoms with Gasteiger partial charge in [-0.2, -0.15) is 0 Å². The second-order valence-corrected chi connectivity index (χ2v) is 6.79. The number of ether oxygens (including phenoxy) is 2. The van der Waals surface area contributed by atoms with Gasteiger partial charge in [-0.3, -0.25) is 0 Å². The molecule has 0 aliphatic carbocycles. The average Bonchev–Trinajstić information content (AvgIpc) is 2.55. The van der Waals surface area contributed by atoms with Crippen molar-refractivity contribution >= 4 is 51.5 Å². The predicted octanol–water partition coefficient (Wildman–Crippen LogP) is 5.62. The monoisotopic (exact) mass is 475 g/mol. The SMILES string of the molecule is C#CCOc1c(I)cc(CNc2ccc(Cl)c(Cl)c2)cc1OCC. The Morgan fingerprint density at radius 1 is 1.17 bits per heavy atom. The van der Waals surface area contributed by atoms with Gasteiger partial charge in [-0.15, -0.1) is 6.42 Å². The molecule has 3 nitrogen and oxygen atoms in total. The molecule has 2 aromatic rings. The highest BCUT2D eigenvalue weighted by molar-refractivity contribution is 14.1. The molecule has 0 saturated carbocycles. The van der Waals surface area contributed by atoms with Crippen LogP contribution in [0.1, 0.15) is 12.5 Å². The van der Waals surface area contributed by atoms with Crippen LogP contribution in [0.2, 0.25) is 10.0 Å². The van der Waals surface area contributed by atoms with E-state index in [-0.39, 0.29) is 6.61 Å². The standard InChI is InChI=1S/C18H16Cl2INO2/c1-3-7-24-18-16(21)8-12(9-17(18)23-4-2)11-22-13-5-6-14(19)15(20)10-13/h1,5-6,8-10,22H,4,7,11H2,2H3. The Balaban J connectivity index is 2.17. The lowest BCUT2D eigenvalue weighted by molar-refractivity contribution is 0.297. The maximum absolute atomic E-state index is 6.03. The third kappa shape index (κ3) is 5.10. The Kier molecular flexibility index (Phi) is 7.35. The summed E-state index contributed by atoms with van der Waals surface area (Å²) in [5.74, 6) is 3.83. The summed E-state index contributed by atoms with van der Waals surface area (Å²) in [7, 11) is 0. The van der Waals surface area contributed by atoms with Gasteiger partial charge in [0.1, 0.15) is 6.61 Å². The molecule has 0 aliphatic heterocycles. The van der Waals surface area contributed by atoms with Crippen LogP contribution in [0, 0.1) is 15.9 Å². The smallest absolute Gasteiger partial charge is 0.175 e. The molecule has 6 heteroatoms. The lowest BCUT2D eigenvalue weighted by atomic mass is 10.2. The van der Waals surface area contributed by atoms with Crippen molar-refractivity contribution in [2.45, 2.75) is 13.5 Å². The molecular formula is C18H16Cl2INO2. The molecule has 0 saturated heterocycles. The molecule has 0 radical (unpaired) electrons. The molecular weight excluding hydrogens is 460 g/mol. The van der Waals surface area contributed by atoms with Gasteiger partial charge in [0, 0.05) is 12.2 Å². The molecule has 1 N–H and O–H groups in total. The Hall–Kier alpha value is -1.29. The number of benzene rings is 2. The van der Waals surface area contributed by atoms with Crippen LogP contribution in [0.4, 0.5) is 5.69 Å². The number of halogens is 3. The molecule has 2 aromatic carbocycles. The maximum Gasteiger partial charge on any atom is 0.175 e. The molecule has 0 spiro atoms. The van der Waals surface area contributed by atoms with Crippen molar-refractivity contribution in [1.29, 1.82) is 0 Å². The Bertz CT molecular complexity index is 759. The van der Waals surface area contributed by atoms with Gasteiger partial charge >= 0.3 is 0 Å². The van der Waals surface area contributed by atoms with E-state index >= 15 is 0 Å². The van der Waals surface area contributed by atoms with Crippen molar-refractivity contribution in [1.82, 2.24) is 0 Å². The van der Waals surface area contributed by atoms with Gasteiger partial charge in [0.05, 0.1) is 20.2 Å². The number of hydrogen-bond donors (Lipinski definition) is 1. The van der Waals surface area contributed by atoms with Gasteiger partial charge in [0.25, 0.3) is 0 Å². The Morgan fingerprint density at radius 2 is 1.96 bits per heavy atom. The minimum Gasteiger partial charge on any atom is -0.490 e. The number of nitrogens with one attached hydrogen (secondary N) is 1. The molecule has 126 valence electrons. The van der Waals surface area contributed by atoms with Crippen LogP contribution in [-0.2, 0) is 6.54 Å². The van der Waals surface area contributed by atoms with Crippen LogP contribution < -0.4 is 14.8 Å². The summed E-state index contributed by atoms with van der Waals surface area (Å²) in [4.78, 5) is 0. The summed E-state index contributed by atoms with van der Waals surface area (Å²) in [6.45, 7) is 3.30. The van der Waals surface area contributed by atoms with Crippen LogP contribution in [-0.4, -0.2) is 13.2 Å². The van der Waals surface area contributed by atoms with E-state index < -0.39 is 0 Å². The minimum absolute atomic E-state index is 0.205. The minimum atomic E-state index is 0.205. The lowest BCUT2D eigenvalue weighted by Gasteiger charge is -2.15. The van der Waals surface area contributed by atoms with E-state index in [0.29, 0.717) is 34.7 Å². The zero-order valence-electron chi connectivity index (χ0n) is 13.0. The highest BCUT2D eigenvalue weighted by atomic mass is 127. The first-order valence-corrected chi connectivity index (χ1v) is 9.09. The molecule has 0 unspecified atom stereocenters. The summed E-state index contributed by atoms with van der Waals surface area (Å²) in [6, 6.07) is 9.41. The zero-order valence-corrected chi connectivity index (χ0v) is 16.7. The van der Waals surface area contributed by atoms with Crippen LogP contribution in [0.15, 0.2) is 30.3 Å². The van der Waals surface area contributed by atoms with Crippen LogP contribution in [0.3, 0.4) is 0 Å². The third-order valence-electron chi connectivity index (χ3n) is 3.09. The average molecular weight is 476 g/mol. The van der Waals surface area contributed by atoms with Crippen molar-refractivity contribution in [3.8, 4) is 23.8 Å². The fourth-order valence-electron chi connectivity index (χ4n) is 2.05. The molecule has 0 aromatic heterocycles. The summed E-state index contributed by atoms with van der Waals surface area (Å²) in [5.41, 5.74) is 1.95. The van der Waals surface area contributed by atoms with E-state index in [0.717, 1.165) is 14.8 Å². The zero-order chi connectivity index (χ0) is 17.5. The van der Waals surface area contributed by atoms with Crippen LogP contribution in [0.25, 0.3) is 0 Å². The van der Waals surface area contributed by atoms with Crippen molar-refractivity contribution in [3.05, 3.63) is 49.5 Å². The fourth-order valence-corrected chi connectivity index (χ4v) is 3.17. The number of anilines is 1. The highest BCUT2D eigenvalue weighted by Crippen LogP contribution is 2.34. The normalized spacial score (nSPS) is 10.1. The third-order valence-corrected chi connectivity index (χ3v) is 4.63. The van der Waals surface area contributed by atoms with E-state index in [1.807, 2.05) is 25.1 Å². The highest BCUT2D eigenvalue weighted by Gasteiger charge is 2.12. The molecule has 0 fully saturated rings. The van der Waals surface area contributed by atoms with Gasteiger partial charge in [0.2, 0.25) is 0 Å². The van der Waals surface area contributed by atoms with Crippen molar-refractivity contribution in [2.24, 2.45) is 0 Å². The predicted molar refractivity (Wildman–Crippen MR) is 108 cm³/mol. The van der Waals surface area contributed by atoms with Crippen molar-refractivity contribution < 1.29 is 9.47 Å². The lowest BCUT2D eigenvalue weighted by Crippen LogP contribution is -2.05. The maximum atomic E-state index is 6.03. The largest absolute Gasteiger partial charge is 0.490 e. The van der Waals surface area contributed by atoms with E-state index in [2.05, 4.69) is 33.8 Å². The van der Waals surface area contributed by atoms with Gasteiger partial charge in [-0.1, -0.05) is 29.1 Å². The number of rotatable bonds is 7. The Morgan fingerprint density at radius 3 is 2.62 bits per heavy atom. The number of terminal acetylenes is 1. The quantitative estimate of drug-likeness (QED) is 0.416. The molecule has 0 amide bonds. The summed E-state index contributed by atoms with van der Waals surface area (Å²) < 4.78 is 12.2. The van der Waals surface area contributed by atoms with Gasteiger partial charge in [-0.05, 0) is 65.4 Å². The molecule has 0 atom stereocenters. The topological polar surface area (TPSA) is 30.5 Å². The first kappa shape index (κ1) is 19.0. The van der Waals surface area contributed by atoms with Gasteiger partial charge < -0.3 is 14.8 Å². The van der Waals surface area contributed by atoms with E-state index in [4.69, 9.17) is 39.1 Å². The first-order valence-electron chi connectivity index (χ1n) is 7.25. The van der Waals surface area contributed by atoms with Crippen molar-refractivity contribution in [3.63, 3.8) is 0 Å². The number of hydrogen-bond acceptors (Lipinski definition) is 3. The van der Waals surface area contributed by atoms with Crippen LogP contribution in [0.5, 0.6) is 11.5 Å². The Labute approximate surface area is 165 Å². The molecule has 0 aliphatic rings. The van der Waals surface area contributed by atoms with E-state index in [9.17, 15) is 0 Å². The first-order chi connectivity index (χ1) is 11.5.